The number of thiazole rings is 1. The predicted molar refractivity (Wildman–Crippen MR) is 120 cm³/mol. The highest BCUT2D eigenvalue weighted by Gasteiger charge is 2.29. The summed E-state index contributed by atoms with van der Waals surface area (Å²) < 4.78 is 5.48. The van der Waals surface area contributed by atoms with Crippen molar-refractivity contribution in [1.29, 1.82) is 0 Å². The van der Waals surface area contributed by atoms with Gasteiger partial charge in [0.25, 0.3) is 5.91 Å². The van der Waals surface area contributed by atoms with Crippen LogP contribution in [0, 0.1) is 0 Å². The first-order chi connectivity index (χ1) is 15.4. The maximum Gasteiger partial charge on any atom is 0.413 e. The first-order valence-corrected chi connectivity index (χ1v) is 10.9. The van der Waals surface area contributed by atoms with Crippen molar-refractivity contribution < 1.29 is 24.2 Å². The second-order valence-electron chi connectivity index (χ2n) is 7.36. The molecule has 2 N–H and O–H groups in total. The van der Waals surface area contributed by atoms with Gasteiger partial charge in [0.1, 0.15) is 12.3 Å². The highest BCUT2D eigenvalue weighted by atomic mass is 32.1. The maximum absolute atomic E-state index is 12.4. The molecule has 0 fully saturated rings. The highest BCUT2D eigenvalue weighted by Crippen LogP contribution is 2.44. The van der Waals surface area contributed by atoms with E-state index in [0.29, 0.717) is 0 Å². The van der Waals surface area contributed by atoms with Crippen LogP contribution in [0.3, 0.4) is 0 Å². The number of ether oxygens (including phenoxy) is 1. The molecular weight excluding hydrogens is 430 g/mol. The van der Waals surface area contributed by atoms with Gasteiger partial charge in [-0.2, -0.15) is 0 Å². The number of fused-ring (bicyclic) bond motifs is 3. The summed E-state index contributed by atoms with van der Waals surface area (Å²) in [6.07, 6.45) is -0.809. The van der Waals surface area contributed by atoms with Gasteiger partial charge in [0.05, 0.1) is 6.42 Å². The third-order valence-electron chi connectivity index (χ3n) is 5.28. The summed E-state index contributed by atoms with van der Waals surface area (Å²) in [5, 5.41) is 13.0. The summed E-state index contributed by atoms with van der Waals surface area (Å²) >= 11 is 1.10. The van der Waals surface area contributed by atoms with Crippen LogP contribution >= 0.6 is 11.3 Å². The molecule has 0 aliphatic heterocycles. The number of carboxylic acids is 1. The molecule has 0 unspecified atom stereocenters. The third kappa shape index (κ3) is 4.47. The first kappa shape index (κ1) is 21.5. The fraction of sp³-hybridized carbons (Fsp3) is 0.217. The van der Waals surface area contributed by atoms with E-state index in [4.69, 9.17) is 9.84 Å². The van der Waals surface area contributed by atoms with Crippen molar-refractivity contribution in [1.82, 2.24) is 9.88 Å². The molecule has 1 heterocycles. The third-order valence-corrected chi connectivity index (χ3v) is 6.04. The van der Waals surface area contributed by atoms with Crippen LogP contribution in [0.4, 0.5) is 9.93 Å². The molecule has 9 heteroatoms. The van der Waals surface area contributed by atoms with E-state index in [0.717, 1.165) is 33.6 Å². The summed E-state index contributed by atoms with van der Waals surface area (Å²) in [6, 6.07) is 16.1. The van der Waals surface area contributed by atoms with Crippen molar-refractivity contribution in [2.75, 3.05) is 25.5 Å². The van der Waals surface area contributed by atoms with E-state index in [1.165, 1.54) is 17.3 Å². The number of rotatable bonds is 7. The monoisotopic (exact) mass is 451 g/mol. The largest absolute Gasteiger partial charge is 0.481 e. The van der Waals surface area contributed by atoms with E-state index >= 15 is 0 Å². The fourth-order valence-corrected chi connectivity index (χ4v) is 4.38. The van der Waals surface area contributed by atoms with E-state index in [-0.39, 0.29) is 36.3 Å². The molecule has 1 aliphatic carbocycles. The number of nitrogens with zero attached hydrogens (tertiary/aromatic N) is 2. The van der Waals surface area contributed by atoms with Crippen LogP contribution in [0.2, 0.25) is 0 Å². The number of hydrogen-bond acceptors (Lipinski definition) is 6. The zero-order valence-corrected chi connectivity index (χ0v) is 18.1. The van der Waals surface area contributed by atoms with Crippen LogP contribution in [0.5, 0.6) is 0 Å². The minimum Gasteiger partial charge on any atom is -0.481 e. The van der Waals surface area contributed by atoms with Crippen LogP contribution in [-0.2, 0) is 9.53 Å². The van der Waals surface area contributed by atoms with Gasteiger partial charge in [-0.05, 0) is 22.3 Å². The quantitative estimate of drug-likeness (QED) is 0.561. The lowest BCUT2D eigenvalue weighted by molar-refractivity contribution is -0.137. The molecule has 8 nitrogen and oxygen atoms in total. The van der Waals surface area contributed by atoms with Crippen LogP contribution in [0.25, 0.3) is 11.1 Å². The summed E-state index contributed by atoms with van der Waals surface area (Å²) in [6.45, 7) is 0.246. The van der Waals surface area contributed by atoms with Gasteiger partial charge in [0.15, 0.2) is 5.13 Å². The Morgan fingerprint density at radius 3 is 2.34 bits per heavy atom. The average molecular weight is 452 g/mol. The summed E-state index contributed by atoms with van der Waals surface area (Å²) in [5.41, 5.74) is 4.66. The van der Waals surface area contributed by atoms with Crippen molar-refractivity contribution in [2.45, 2.75) is 12.3 Å². The Morgan fingerprint density at radius 1 is 1.09 bits per heavy atom. The summed E-state index contributed by atoms with van der Waals surface area (Å²) in [4.78, 5) is 40.7. The molecule has 0 saturated carbocycles. The molecule has 0 spiro atoms. The van der Waals surface area contributed by atoms with Crippen molar-refractivity contribution in [3.63, 3.8) is 0 Å². The molecule has 164 valence electrons. The van der Waals surface area contributed by atoms with Crippen LogP contribution in [0.1, 0.15) is 34.0 Å². The van der Waals surface area contributed by atoms with E-state index < -0.39 is 18.0 Å². The number of anilines is 1. The number of hydrogen-bond donors (Lipinski definition) is 2. The zero-order valence-electron chi connectivity index (χ0n) is 17.3. The van der Waals surface area contributed by atoms with Gasteiger partial charge < -0.3 is 14.7 Å². The van der Waals surface area contributed by atoms with Crippen LogP contribution in [0.15, 0.2) is 53.9 Å². The van der Waals surface area contributed by atoms with Crippen molar-refractivity contribution in [2.24, 2.45) is 0 Å². The molecule has 0 saturated heterocycles. The standard InChI is InChI=1S/C23H21N3O5S/c1-26(11-10-20(27)28)21(29)19-13-32-22(24-19)25-23(30)31-12-18-16-8-4-2-6-14(16)15-7-3-5-9-17(15)18/h2-9,13,18H,10-12H2,1H3,(H,27,28)(H,24,25,30). The minimum absolute atomic E-state index is 0.0514. The number of amides is 2. The zero-order chi connectivity index (χ0) is 22.7. The van der Waals surface area contributed by atoms with Crippen LogP contribution in [-0.4, -0.2) is 53.2 Å². The summed E-state index contributed by atoms with van der Waals surface area (Å²) in [5.74, 6) is -1.45. The number of aliphatic carboxylic acids is 1. The number of carbonyl (C=O) groups excluding carboxylic acids is 2. The van der Waals surface area contributed by atoms with E-state index in [9.17, 15) is 14.4 Å². The molecule has 2 aromatic carbocycles. The molecule has 2 amide bonds. The lowest BCUT2D eigenvalue weighted by Crippen LogP contribution is -2.29. The second kappa shape index (κ2) is 9.19. The normalized spacial score (nSPS) is 12.0. The Kier molecular flexibility index (Phi) is 6.18. The number of nitrogens with one attached hydrogen (secondary N) is 1. The predicted octanol–water partition coefficient (Wildman–Crippen LogP) is 4.05. The molecular formula is C23H21N3O5S. The highest BCUT2D eigenvalue weighted by molar-refractivity contribution is 7.14. The number of carbonyl (C=O) groups is 3. The molecule has 1 aromatic heterocycles. The van der Waals surface area contributed by atoms with Crippen molar-refractivity contribution in [3.8, 4) is 11.1 Å². The SMILES string of the molecule is CN(CCC(=O)O)C(=O)c1csc(NC(=O)OCC2c3ccccc3-c3ccccc32)n1. The van der Waals surface area contributed by atoms with Crippen LogP contribution < -0.4 is 5.32 Å². The Bertz CT molecular complexity index is 1130. The van der Waals surface area contributed by atoms with Crippen molar-refractivity contribution >= 4 is 34.4 Å². The Labute approximate surface area is 188 Å². The minimum atomic E-state index is -0.986. The lowest BCUT2D eigenvalue weighted by Gasteiger charge is -2.14. The second-order valence-corrected chi connectivity index (χ2v) is 8.22. The van der Waals surface area contributed by atoms with Gasteiger partial charge in [-0.25, -0.2) is 9.78 Å². The van der Waals surface area contributed by atoms with Crippen molar-refractivity contribution in [3.05, 3.63) is 70.7 Å². The van der Waals surface area contributed by atoms with Gasteiger partial charge in [-0.15, -0.1) is 11.3 Å². The lowest BCUT2D eigenvalue weighted by atomic mass is 9.98. The number of carboxylic acid groups (broad SMARTS) is 1. The topological polar surface area (TPSA) is 109 Å². The molecule has 0 atom stereocenters. The Hall–Kier alpha value is -3.72. The average Bonchev–Trinajstić information content (AvgIpc) is 3.38. The smallest absolute Gasteiger partial charge is 0.413 e. The molecule has 32 heavy (non-hydrogen) atoms. The maximum atomic E-state index is 12.4. The fourth-order valence-electron chi connectivity index (χ4n) is 3.71. The van der Waals surface area contributed by atoms with Gasteiger partial charge in [-0.1, -0.05) is 48.5 Å². The van der Waals surface area contributed by atoms with Gasteiger partial charge in [-0.3, -0.25) is 14.9 Å². The van der Waals surface area contributed by atoms with Gasteiger partial charge >= 0.3 is 12.1 Å². The summed E-state index contributed by atoms with van der Waals surface area (Å²) in [7, 11) is 1.50. The first-order valence-electron chi connectivity index (χ1n) is 9.99. The van der Waals surface area contributed by atoms with E-state index in [1.807, 2.05) is 36.4 Å². The molecule has 4 rings (SSSR count). The Balaban J connectivity index is 1.36. The van der Waals surface area contributed by atoms with E-state index in [2.05, 4.69) is 22.4 Å². The van der Waals surface area contributed by atoms with E-state index in [1.54, 1.807) is 0 Å². The van der Waals surface area contributed by atoms with Gasteiger partial charge in [0.2, 0.25) is 0 Å². The molecule has 0 bridgehead atoms. The molecule has 3 aromatic rings. The number of aromatic nitrogens is 1. The Morgan fingerprint density at radius 2 is 1.72 bits per heavy atom. The molecule has 1 aliphatic rings. The van der Waals surface area contributed by atoms with Gasteiger partial charge in [0, 0.05) is 24.9 Å². The number of benzene rings is 2. The molecule has 0 radical (unpaired) electrons.